The molecule has 1 rings (SSSR count). The van der Waals surface area contributed by atoms with Crippen molar-refractivity contribution >= 4 is 21.4 Å². The molecular formula is C14H17ClO3S. The molecule has 19 heavy (non-hydrogen) atoms. The molecule has 0 aliphatic heterocycles. The van der Waals surface area contributed by atoms with Crippen molar-refractivity contribution in [2.45, 2.75) is 20.3 Å². The summed E-state index contributed by atoms with van der Waals surface area (Å²) in [6.45, 7) is 4.14. The minimum atomic E-state index is -3.15. The van der Waals surface area contributed by atoms with E-state index in [1.165, 1.54) is 0 Å². The second kappa shape index (κ2) is 6.83. The quantitative estimate of drug-likeness (QED) is 0.599. The molecule has 0 spiro atoms. The van der Waals surface area contributed by atoms with E-state index in [1.807, 2.05) is 26.0 Å². The maximum absolute atomic E-state index is 11.4. The van der Waals surface area contributed by atoms with E-state index in [-0.39, 0.29) is 11.5 Å². The number of benzene rings is 1. The molecule has 0 aromatic heterocycles. The predicted octanol–water partition coefficient (Wildman–Crippen LogP) is 2.77. The Morgan fingerprint density at radius 3 is 2.42 bits per heavy atom. The lowest BCUT2D eigenvalue weighted by molar-refractivity contribution is 0.317. The van der Waals surface area contributed by atoms with Crippen molar-refractivity contribution < 1.29 is 13.2 Å². The molecule has 0 aliphatic rings. The maximum Gasteiger partial charge on any atom is 0.161 e. The van der Waals surface area contributed by atoms with Crippen LogP contribution in [0.2, 0.25) is 5.02 Å². The van der Waals surface area contributed by atoms with Crippen molar-refractivity contribution in [1.82, 2.24) is 0 Å². The van der Waals surface area contributed by atoms with E-state index < -0.39 is 9.84 Å². The van der Waals surface area contributed by atoms with E-state index in [0.717, 1.165) is 16.1 Å². The number of hydrogen-bond donors (Lipinski definition) is 0. The molecule has 0 N–H and O–H groups in total. The highest BCUT2D eigenvalue weighted by Crippen LogP contribution is 2.25. The number of halogens is 1. The summed E-state index contributed by atoms with van der Waals surface area (Å²) < 4.78 is 28.3. The van der Waals surface area contributed by atoms with Crippen LogP contribution < -0.4 is 4.74 Å². The van der Waals surface area contributed by atoms with E-state index in [9.17, 15) is 8.42 Å². The van der Waals surface area contributed by atoms with Gasteiger partial charge in [-0.2, -0.15) is 0 Å². The molecule has 3 nitrogen and oxygen atoms in total. The molecule has 0 aliphatic carbocycles. The minimum absolute atomic E-state index is 0.0444. The highest BCUT2D eigenvalue weighted by atomic mass is 35.5. The van der Waals surface area contributed by atoms with Crippen LogP contribution in [0.15, 0.2) is 12.1 Å². The zero-order valence-corrected chi connectivity index (χ0v) is 12.6. The molecular weight excluding hydrogens is 284 g/mol. The lowest BCUT2D eigenvalue weighted by Crippen LogP contribution is -2.12. The summed E-state index contributed by atoms with van der Waals surface area (Å²) in [4.78, 5) is 0. The fourth-order valence-electron chi connectivity index (χ4n) is 1.66. The number of aryl methyl sites for hydroxylation is 2. The molecule has 0 radical (unpaired) electrons. The van der Waals surface area contributed by atoms with Gasteiger partial charge in [-0.05, 0) is 43.5 Å². The third-order valence-corrected chi connectivity index (χ3v) is 4.69. The molecule has 0 saturated carbocycles. The summed E-state index contributed by atoms with van der Waals surface area (Å²) in [5.74, 6) is 2.68. The van der Waals surface area contributed by atoms with Crippen molar-refractivity contribution in [2.75, 3.05) is 18.1 Å². The molecule has 1 aromatic carbocycles. The van der Waals surface area contributed by atoms with Crippen molar-refractivity contribution in [3.05, 3.63) is 28.3 Å². The molecule has 1 aromatic rings. The summed E-state index contributed by atoms with van der Waals surface area (Å²) in [6.07, 6.45) is 5.41. The average molecular weight is 301 g/mol. The van der Waals surface area contributed by atoms with Crippen LogP contribution in [-0.4, -0.2) is 26.5 Å². The van der Waals surface area contributed by atoms with E-state index in [4.69, 9.17) is 22.8 Å². The molecule has 104 valence electrons. The first-order chi connectivity index (χ1) is 8.85. The van der Waals surface area contributed by atoms with Gasteiger partial charge in [-0.3, -0.25) is 0 Å². The average Bonchev–Trinajstić information content (AvgIpc) is 2.31. The van der Waals surface area contributed by atoms with Gasteiger partial charge in [0.2, 0.25) is 0 Å². The SMILES string of the molecule is C#CCS(=O)(=O)CCCOc1cc(C)c(Cl)c(C)c1. The first-order valence-corrected chi connectivity index (χ1v) is 8.09. The highest BCUT2D eigenvalue weighted by Gasteiger charge is 2.09. The van der Waals surface area contributed by atoms with E-state index in [1.54, 1.807) is 0 Å². The molecule has 0 fully saturated rings. The Balaban J connectivity index is 2.49. The Kier molecular flexibility index (Phi) is 5.71. The second-order valence-electron chi connectivity index (χ2n) is 4.37. The predicted molar refractivity (Wildman–Crippen MR) is 78.5 cm³/mol. The van der Waals surface area contributed by atoms with Gasteiger partial charge >= 0.3 is 0 Å². The molecule has 0 bridgehead atoms. The smallest absolute Gasteiger partial charge is 0.161 e. The molecule has 5 heteroatoms. The Bertz CT molecular complexity index is 562. The second-order valence-corrected chi connectivity index (χ2v) is 6.93. The van der Waals surface area contributed by atoms with Gasteiger partial charge in [-0.25, -0.2) is 8.42 Å². The molecule has 0 saturated heterocycles. The lowest BCUT2D eigenvalue weighted by atomic mass is 10.1. The van der Waals surface area contributed by atoms with Gasteiger partial charge in [-0.15, -0.1) is 6.42 Å². The third kappa shape index (κ3) is 5.14. The largest absolute Gasteiger partial charge is 0.494 e. The first kappa shape index (κ1) is 15.9. The van der Waals surface area contributed by atoms with Crippen molar-refractivity contribution in [3.8, 4) is 18.1 Å². The van der Waals surface area contributed by atoms with E-state index >= 15 is 0 Å². The molecule has 0 atom stereocenters. The summed E-state index contributed by atoms with van der Waals surface area (Å²) in [5.41, 5.74) is 1.88. The van der Waals surface area contributed by atoms with Crippen LogP contribution in [0.4, 0.5) is 0 Å². The summed E-state index contributed by atoms with van der Waals surface area (Å²) >= 11 is 6.05. The fraction of sp³-hybridized carbons (Fsp3) is 0.429. The fourth-order valence-corrected chi connectivity index (χ4v) is 2.72. The van der Waals surface area contributed by atoms with Crippen LogP contribution in [-0.2, 0) is 9.84 Å². The number of rotatable bonds is 6. The Hall–Kier alpha value is -1.18. The van der Waals surface area contributed by atoms with Crippen LogP contribution in [0, 0.1) is 26.2 Å². The van der Waals surface area contributed by atoms with E-state index in [0.29, 0.717) is 18.8 Å². The zero-order valence-electron chi connectivity index (χ0n) is 11.1. The number of terminal acetylenes is 1. The topological polar surface area (TPSA) is 43.4 Å². The van der Waals surface area contributed by atoms with Crippen LogP contribution >= 0.6 is 11.6 Å². The number of hydrogen-bond acceptors (Lipinski definition) is 3. The summed E-state index contributed by atoms with van der Waals surface area (Å²) in [7, 11) is -3.15. The minimum Gasteiger partial charge on any atom is -0.494 e. The number of ether oxygens (including phenoxy) is 1. The molecule has 0 heterocycles. The van der Waals surface area contributed by atoms with Crippen LogP contribution in [0.25, 0.3) is 0 Å². The summed E-state index contributed by atoms with van der Waals surface area (Å²) in [6, 6.07) is 3.68. The third-order valence-electron chi connectivity index (χ3n) is 2.58. The molecule has 0 amide bonds. The van der Waals surface area contributed by atoms with Gasteiger partial charge in [0.25, 0.3) is 0 Å². The van der Waals surface area contributed by atoms with Crippen LogP contribution in [0.3, 0.4) is 0 Å². The Labute approximate surface area is 119 Å². The Morgan fingerprint density at radius 1 is 1.32 bits per heavy atom. The monoisotopic (exact) mass is 300 g/mol. The maximum atomic E-state index is 11.4. The lowest BCUT2D eigenvalue weighted by Gasteiger charge is -2.09. The van der Waals surface area contributed by atoms with Crippen molar-refractivity contribution in [3.63, 3.8) is 0 Å². The van der Waals surface area contributed by atoms with E-state index in [2.05, 4.69) is 5.92 Å². The van der Waals surface area contributed by atoms with Gasteiger partial charge in [0, 0.05) is 5.02 Å². The van der Waals surface area contributed by atoms with Crippen LogP contribution in [0.1, 0.15) is 17.5 Å². The highest BCUT2D eigenvalue weighted by molar-refractivity contribution is 7.91. The normalized spacial score (nSPS) is 11.1. The van der Waals surface area contributed by atoms with Gasteiger partial charge in [0.15, 0.2) is 9.84 Å². The van der Waals surface area contributed by atoms with Gasteiger partial charge in [-0.1, -0.05) is 17.5 Å². The van der Waals surface area contributed by atoms with Gasteiger partial charge in [0.1, 0.15) is 11.5 Å². The number of sulfone groups is 1. The van der Waals surface area contributed by atoms with Gasteiger partial charge < -0.3 is 4.74 Å². The first-order valence-electron chi connectivity index (χ1n) is 5.89. The molecule has 0 unspecified atom stereocenters. The van der Waals surface area contributed by atoms with Crippen LogP contribution in [0.5, 0.6) is 5.75 Å². The van der Waals surface area contributed by atoms with Crippen molar-refractivity contribution in [1.29, 1.82) is 0 Å². The van der Waals surface area contributed by atoms with Gasteiger partial charge in [0.05, 0.1) is 12.4 Å². The van der Waals surface area contributed by atoms with Crippen molar-refractivity contribution in [2.24, 2.45) is 0 Å². The standard InChI is InChI=1S/C14H17ClO3S/c1-4-7-19(16,17)8-5-6-18-13-9-11(2)14(15)12(3)10-13/h1,9-10H,5-8H2,2-3H3. The zero-order chi connectivity index (χ0) is 14.5. The summed E-state index contributed by atoms with van der Waals surface area (Å²) in [5, 5.41) is 0.726. The Morgan fingerprint density at radius 2 is 1.89 bits per heavy atom.